The number of aromatic hydroxyl groups is 1. The summed E-state index contributed by atoms with van der Waals surface area (Å²) in [7, 11) is 0. The zero-order valence-electron chi connectivity index (χ0n) is 8.29. The zero-order chi connectivity index (χ0) is 11.4. The highest BCUT2D eigenvalue weighted by Gasteiger charge is 2.06. The van der Waals surface area contributed by atoms with Crippen LogP contribution in [0.2, 0.25) is 0 Å². The molecule has 0 fully saturated rings. The molecule has 0 aliphatic heterocycles. The van der Waals surface area contributed by atoms with Gasteiger partial charge in [-0.2, -0.15) is 5.26 Å². The molecule has 3 nitrogen and oxygen atoms in total. The molecule has 0 bridgehead atoms. The molecule has 0 saturated carbocycles. The number of nitrogens with zero attached hydrogens (tertiary/aromatic N) is 2. The predicted octanol–water partition coefficient (Wildman–Crippen LogP) is 2.81. The van der Waals surface area contributed by atoms with E-state index >= 15 is 0 Å². The Hall–Kier alpha value is -1.99. The van der Waals surface area contributed by atoms with Crippen molar-refractivity contribution in [2.75, 3.05) is 0 Å². The third-order valence-corrected chi connectivity index (χ3v) is 3.10. The second-order valence-corrected chi connectivity index (χ2v) is 4.14. The number of para-hydroxylation sites is 1. The number of nitriles is 1. The van der Waals surface area contributed by atoms with Gasteiger partial charge in [0.15, 0.2) is 0 Å². The minimum Gasteiger partial charge on any atom is -0.507 e. The highest BCUT2D eigenvalue weighted by atomic mass is 32.2. The minimum absolute atomic E-state index is 0.209. The molecular formula is C12H8N2OS. The maximum absolute atomic E-state index is 9.61. The van der Waals surface area contributed by atoms with E-state index in [9.17, 15) is 5.11 Å². The molecule has 0 spiro atoms. The summed E-state index contributed by atoms with van der Waals surface area (Å²) in [5.74, 6) is 0.209. The molecule has 4 heteroatoms. The Kier molecular flexibility index (Phi) is 3.08. The Bertz CT molecular complexity index is 549. The lowest BCUT2D eigenvalue weighted by atomic mass is 10.3. The average molecular weight is 228 g/mol. The molecule has 2 aromatic rings. The van der Waals surface area contributed by atoms with Crippen molar-refractivity contribution >= 4 is 11.8 Å². The van der Waals surface area contributed by atoms with E-state index < -0.39 is 0 Å². The van der Waals surface area contributed by atoms with E-state index in [1.807, 2.05) is 6.07 Å². The van der Waals surface area contributed by atoms with Crippen molar-refractivity contribution < 1.29 is 5.11 Å². The summed E-state index contributed by atoms with van der Waals surface area (Å²) in [4.78, 5) is 5.42. The Morgan fingerprint density at radius 1 is 1.19 bits per heavy atom. The maximum Gasteiger partial charge on any atom is 0.129 e. The third kappa shape index (κ3) is 2.15. The van der Waals surface area contributed by atoms with Gasteiger partial charge in [0, 0.05) is 17.3 Å². The maximum atomic E-state index is 9.61. The van der Waals surface area contributed by atoms with Crippen molar-refractivity contribution in [1.82, 2.24) is 4.98 Å². The Morgan fingerprint density at radius 2 is 2.00 bits per heavy atom. The van der Waals surface area contributed by atoms with Crippen LogP contribution in [-0.2, 0) is 0 Å². The van der Waals surface area contributed by atoms with E-state index in [1.54, 1.807) is 36.7 Å². The van der Waals surface area contributed by atoms with Crippen LogP contribution in [0.15, 0.2) is 52.5 Å². The molecule has 1 aromatic heterocycles. The highest BCUT2D eigenvalue weighted by Crippen LogP contribution is 2.34. The fourth-order valence-electron chi connectivity index (χ4n) is 1.22. The molecule has 78 valence electrons. The van der Waals surface area contributed by atoms with Gasteiger partial charge in [0.25, 0.3) is 0 Å². The molecule has 0 atom stereocenters. The number of benzene rings is 1. The molecule has 0 amide bonds. The number of rotatable bonds is 2. The first-order valence-electron chi connectivity index (χ1n) is 4.61. The zero-order valence-corrected chi connectivity index (χ0v) is 9.11. The third-order valence-electron chi connectivity index (χ3n) is 1.99. The fourth-order valence-corrected chi connectivity index (χ4v) is 2.11. The SMILES string of the molecule is N#Cc1ccncc1Sc1ccccc1O. The van der Waals surface area contributed by atoms with Gasteiger partial charge in [-0.25, -0.2) is 0 Å². The van der Waals surface area contributed by atoms with Gasteiger partial charge in [0.1, 0.15) is 11.8 Å². The van der Waals surface area contributed by atoms with Gasteiger partial charge in [0.05, 0.1) is 10.5 Å². The molecule has 0 aliphatic carbocycles. The molecular weight excluding hydrogens is 220 g/mol. The van der Waals surface area contributed by atoms with Gasteiger partial charge in [-0.15, -0.1) is 0 Å². The smallest absolute Gasteiger partial charge is 0.129 e. The quantitative estimate of drug-likeness (QED) is 0.858. The molecule has 0 aliphatic rings. The topological polar surface area (TPSA) is 56.9 Å². The van der Waals surface area contributed by atoms with Gasteiger partial charge < -0.3 is 5.11 Å². The lowest BCUT2D eigenvalue weighted by molar-refractivity contribution is 0.462. The van der Waals surface area contributed by atoms with E-state index in [-0.39, 0.29) is 5.75 Å². The first kappa shape index (κ1) is 10.5. The number of hydrogen-bond acceptors (Lipinski definition) is 4. The number of phenols is 1. The normalized spacial score (nSPS) is 9.69. The summed E-state index contributed by atoms with van der Waals surface area (Å²) in [6.45, 7) is 0. The van der Waals surface area contributed by atoms with Crippen LogP contribution in [0.4, 0.5) is 0 Å². The van der Waals surface area contributed by atoms with Gasteiger partial charge >= 0.3 is 0 Å². The van der Waals surface area contributed by atoms with Crippen molar-refractivity contribution in [1.29, 1.82) is 5.26 Å². The van der Waals surface area contributed by atoms with Gasteiger partial charge in [-0.3, -0.25) is 4.98 Å². The molecule has 1 N–H and O–H groups in total. The average Bonchev–Trinajstić information content (AvgIpc) is 2.33. The Labute approximate surface area is 97.4 Å². The van der Waals surface area contributed by atoms with E-state index in [0.29, 0.717) is 10.5 Å². The van der Waals surface area contributed by atoms with Gasteiger partial charge in [-0.05, 0) is 18.2 Å². The van der Waals surface area contributed by atoms with E-state index in [1.165, 1.54) is 11.8 Å². The number of pyridine rings is 1. The molecule has 0 unspecified atom stereocenters. The molecule has 0 saturated heterocycles. The number of aromatic nitrogens is 1. The lowest BCUT2D eigenvalue weighted by Crippen LogP contribution is -1.83. The minimum atomic E-state index is 0.209. The summed E-state index contributed by atoms with van der Waals surface area (Å²) in [6, 6.07) is 10.8. The van der Waals surface area contributed by atoms with Crippen LogP contribution < -0.4 is 0 Å². The predicted molar refractivity (Wildman–Crippen MR) is 61.2 cm³/mol. The largest absolute Gasteiger partial charge is 0.507 e. The summed E-state index contributed by atoms with van der Waals surface area (Å²) in [5, 5.41) is 18.5. The number of hydrogen-bond donors (Lipinski definition) is 1. The van der Waals surface area contributed by atoms with Gasteiger partial charge in [-0.1, -0.05) is 23.9 Å². The van der Waals surface area contributed by atoms with Crippen LogP contribution in [0.25, 0.3) is 0 Å². The van der Waals surface area contributed by atoms with Crippen LogP contribution >= 0.6 is 11.8 Å². The van der Waals surface area contributed by atoms with Crippen LogP contribution in [0, 0.1) is 11.3 Å². The van der Waals surface area contributed by atoms with Crippen LogP contribution in [0.5, 0.6) is 5.75 Å². The van der Waals surface area contributed by atoms with Crippen molar-refractivity contribution in [2.45, 2.75) is 9.79 Å². The number of phenolic OH excluding ortho intramolecular Hbond substituents is 1. The monoisotopic (exact) mass is 228 g/mol. The first-order valence-corrected chi connectivity index (χ1v) is 5.43. The van der Waals surface area contributed by atoms with Crippen LogP contribution in [0.3, 0.4) is 0 Å². The van der Waals surface area contributed by atoms with Crippen LogP contribution in [-0.4, -0.2) is 10.1 Å². The van der Waals surface area contributed by atoms with Crippen molar-refractivity contribution in [3.05, 3.63) is 48.3 Å². The van der Waals surface area contributed by atoms with E-state index in [4.69, 9.17) is 5.26 Å². The molecule has 1 aromatic carbocycles. The summed E-state index contributed by atoms with van der Waals surface area (Å²) in [5.41, 5.74) is 0.559. The lowest BCUT2D eigenvalue weighted by Gasteiger charge is -2.04. The second-order valence-electron chi connectivity index (χ2n) is 3.05. The summed E-state index contributed by atoms with van der Waals surface area (Å²) in [6.07, 6.45) is 3.20. The summed E-state index contributed by atoms with van der Waals surface area (Å²) < 4.78 is 0. The first-order chi connectivity index (χ1) is 7.81. The molecule has 0 radical (unpaired) electrons. The molecule has 16 heavy (non-hydrogen) atoms. The van der Waals surface area contributed by atoms with Crippen LogP contribution in [0.1, 0.15) is 5.56 Å². The van der Waals surface area contributed by atoms with E-state index in [2.05, 4.69) is 11.1 Å². The van der Waals surface area contributed by atoms with Crippen molar-refractivity contribution in [2.24, 2.45) is 0 Å². The Balaban J connectivity index is 2.35. The van der Waals surface area contributed by atoms with Crippen molar-refractivity contribution in [3.8, 4) is 11.8 Å². The van der Waals surface area contributed by atoms with E-state index in [0.717, 1.165) is 4.90 Å². The second kappa shape index (κ2) is 4.69. The standard InChI is InChI=1S/C12H8N2OS/c13-7-9-5-6-14-8-12(9)16-11-4-2-1-3-10(11)15/h1-6,8,15H. The molecule has 1 heterocycles. The summed E-state index contributed by atoms with van der Waals surface area (Å²) >= 11 is 1.33. The highest BCUT2D eigenvalue weighted by molar-refractivity contribution is 7.99. The Morgan fingerprint density at radius 3 is 2.75 bits per heavy atom. The molecule has 2 rings (SSSR count). The fraction of sp³-hybridized carbons (Fsp3) is 0. The van der Waals surface area contributed by atoms with Gasteiger partial charge in [0.2, 0.25) is 0 Å². The van der Waals surface area contributed by atoms with Crippen molar-refractivity contribution in [3.63, 3.8) is 0 Å².